The van der Waals surface area contributed by atoms with Crippen LogP contribution in [0, 0.1) is 5.41 Å². The first-order chi connectivity index (χ1) is 7.91. The highest BCUT2D eigenvalue weighted by atomic mass is 35.5. The molecule has 0 aromatic heterocycles. The molecule has 1 atom stereocenters. The molecule has 0 spiro atoms. The summed E-state index contributed by atoms with van der Waals surface area (Å²) in [6.07, 6.45) is 2.36. The number of nitrogen functional groups attached to an aromatic ring is 1. The van der Waals surface area contributed by atoms with Crippen molar-refractivity contribution in [3.05, 3.63) is 23.2 Å². The predicted molar refractivity (Wildman–Crippen MR) is 75.7 cm³/mol. The molecule has 1 saturated heterocycles. The van der Waals surface area contributed by atoms with Gasteiger partial charge in [-0.3, -0.25) is 0 Å². The van der Waals surface area contributed by atoms with Gasteiger partial charge >= 0.3 is 0 Å². The van der Waals surface area contributed by atoms with Gasteiger partial charge in [0.05, 0.1) is 16.4 Å². The van der Waals surface area contributed by atoms with E-state index in [-0.39, 0.29) is 0 Å². The summed E-state index contributed by atoms with van der Waals surface area (Å²) >= 11 is 6.28. The van der Waals surface area contributed by atoms with Crippen LogP contribution in [0.4, 0.5) is 11.4 Å². The molecule has 3 heteroatoms. The van der Waals surface area contributed by atoms with E-state index in [0.717, 1.165) is 22.9 Å². The van der Waals surface area contributed by atoms with Crippen LogP contribution in [0.3, 0.4) is 0 Å². The Morgan fingerprint density at radius 3 is 2.71 bits per heavy atom. The van der Waals surface area contributed by atoms with E-state index in [1.54, 1.807) is 0 Å². The van der Waals surface area contributed by atoms with Crippen LogP contribution in [0.15, 0.2) is 18.2 Å². The molecule has 0 saturated carbocycles. The number of nitrogens with two attached hydrogens (primary N) is 1. The average molecular weight is 253 g/mol. The van der Waals surface area contributed by atoms with E-state index >= 15 is 0 Å². The number of benzene rings is 1. The molecule has 0 bridgehead atoms. The quantitative estimate of drug-likeness (QED) is 0.768. The van der Waals surface area contributed by atoms with Crippen LogP contribution < -0.4 is 10.6 Å². The number of nitrogens with zero attached hydrogens (tertiary/aromatic N) is 1. The first kappa shape index (κ1) is 12.6. The van der Waals surface area contributed by atoms with Crippen LogP contribution in [-0.4, -0.2) is 12.6 Å². The zero-order valence-corrected chi connectivity index (χ0v) is 11.6. The second kappa shape index (κ2) is 4.41. The molecule has 2 rings (SSSR count). The zero-order chi connectivity index (χ0) is 12.6. The number of piperidine rings is 1. The molecule has 0 radical (unpaired) electrons. The predicted octanol–water partition coefficient (Wildman–Crippen LogP) is 3.94. The second-order valence-electron chi connectivity index (χ2n) is 5.84. The molecule has 17 heavy (non-hydrogen) atoms. The summed E-state index contributed by atoms with van der Waals surface area (Å²) in [7, 11) is 0. The minimum atomic E-state index is 0.423. The van der Waals surface area contributed by atoms with E-state index in [9.17, 15) is 0 Å². The molecule has 0 aliphatic carbocycles. The van der Waals surface area contributed by atoms with E-state index in [2.05, 4.69) is 25.7 Å². The van der Waals surface area contributed by atoms with Crippen LogP contribution in [0.5, 0.6) is 0 Å². The van der Waals surface area contributed by atoms with Gasteiger partial charge < -0.3 is 10.6 Å². The molecule has 1 heterocycles. The highest BCUT2D eigenvalue weighted by molar-refractivity contribution is 6.34. The molecule has 2 N–H and O–H groups in total. The van der Waals surface area contributed by atoms with Crippen LogP contribution >= 0.6 is 11.6 Å². The van der Waals surface area contributed by atoms with Crippen molar-refractivity contribution in [2.75, 3.05) is 17.2 Å². The molecule has 1 aliphatic heterocycles. The summed E-state index contributed by atoms with van der Waals surface area (Å²) in [5.41, 5.74) is 8.27. The number of hydrogen-bond acceptors (Lipinski definition) is 2. The first-order valence-electron chi connectivity index (χ1n) is 6.21. The number of hydrogen-bond donors (Lipinski definition) is 1. The largest absolute Gasteiger partial charge is 0.397 e. The summed E-state index contributed by atoms with van der Waals surface area (Å²) in [6, 6.07) is 6.23. The highest BCUT2D eigenvalue weighted by Crippen LogP contribution is 2.40. The lowest BCUT2D eigenvalue weighted by Crippen LogP contribution is -2.44. The Bertz CT molecular complexity index is 394. The maximum absolute atomic E-state index is 6.28. The molecule has 2 nitrogen and oxygen atoms in total. The van der Waals surface area contributed by atoms with Crippen LogP contribution in [0.1, 0.15) is 33.6 Å². The fourth-order valence-corrected chi connectivity index (χ4v) is 3.11. The van der Waals surface area contributed by atoms with Crippen LogP contribution in [0.2, 0.25) is 5.02 Å². The molecule has 0 amide bonds. The Labute approximate surface area is 109 Å². The lowest BCUT2D eigenvalue weighted by Gasteiger charge is -2.44. The molecular weight excluding hydrogens is 232 g/mol. The first-order valence-corrected chi connectivity index (χ1v) is 6.59. The standard InChI is InChI=1S/C14H21ClN2/c1-10-9-14(2,3)7-8-17(10)13-11(15)5-4-6-12(13)16/h4-6,10H,7-9,16H2,1-3H3. The van der Waals surface area contributed by atoms with Crippen molar-refractivity contribution in [3.63, 3.8) is 0 Å². The number of halogens is 1. The molecule has 94 valence electrons. The summed E-state index contributed by atoms with van der Waals surface area (Å²) in [4.78, 5) is 2.35. The Kier molecular flexibility index (Phi) is 3.26. The van der Waals surface area contributed by atoms with Crippen molar-refractivity contribution in [2.45, 2.75) is 39.7 Å². The molecule has 1 aromatic rings. The average Bonchev–Trinajstić information content (AvgIpc) is 2.19. The van der Waals surface area contributed by atoms with Crippen molar-refractivity contribution in [1.82, 2.24) is 0 Å². The van der Waals surface area contributed by atoms with Gasteiger partial charge in [0.25, 0.3) is 0 Å². The minimum Gasteiger partial charge on any atom is -0.397 e. The van der Waals surface area contributed by atoms with Crippen molar-refractivity contribution in [2.24, 2.45) is 5.41 Å². The summed E-state index contributed by atoms with van der Waals surface area (Å²) in [6.45, 7) is 7.94. The molecule has 1 aromatic carbocycles. The fraction of sp³-hybridized carbons (Fsp3) is 0.571. The van der Waals surface area contributed by atoms with Crippen molar-refractivity contribution < 1.29 is 0 Å². The van der Waals surface area contributed by atoms with E-state index in [1.165, 1.54) is 12.8 Å². The highest BCUT2D eigenvalue weighted by Gasteiger charge is 2.32. The Morgan fingerprint density at radius 2 is 2.12 bits per heavy atom. The molecule has 1 fully saturated rings. The fourth-order valence-electron chi connectivity index (χ4n) is 2.82. The van der Waals surface area contributed by atoms with Gasteiger partial charge in [-0.25, -0.2) is 0 Å². The van der Waals surface area contributed by atoms with Gasteiger partial charge in [0.15, 0.2) is 0 Å². The van der Waals surface area contributed by atoms with Crippen LogP contribution in [0.25, 0.3) is 0 Å². The van der Waals surface area contributed by atoms with Gasteiger partial charge in [0.2, 0.25) is 0 Å². The van der Waals surface area contributed by atoms with E-state index in [1.807, 2.05) is 18.2 Å². The topological polar surface area (TPSA) is 29.3 Å². The lowest BCUT2D eigenvalue weighted by atomic mass is 9.79. The summed E-state index contributed by atoms with van der Waals surface area (Å²) in [5, 5.41) is 0.761. The van der Waals surface area contributed by atoms with Gasteiger partial charge in [-0.05, 0) is 37.3 Å². The van der Waals surface area contributed by atoms with E-state index in [4.69, 9.17) is 17.3 Å². The zero-order valence-electron chi connectivity index (χ0n) is 10.8. The Morgan fingerprint density at radius 1 is 1.41 bits per heavy atom. The third-order valence-corrected chi connectivity index (χ3v) is 4.02. The van der Waals surface area contributed by atoms with E-state index < -0.39 is 0 Å². The maximum Gasteiger partial charge on any atom is 0.0791 e. The minimum absolute atomic E-state index is 0.423. The number of rotatable bonds is 1. The Hall–Kier alpha value is -0.890. The number of anilines is 2. The third kappa shape index (κ3) is 2.52. The monoisotopic (exact) mass is 252 g/mol. The Balaban J connectivity index is 2.30. The van der Waals surface area contributed by atoms with E-state index in [0.29, 0.717) is 11.5 Å². The smallest absolute Gasteiger partial charge is 0.0791 e. The molecule has 1 aliphatic rings. The SMILES string of the molecule is CC1CC(C)(C)CCN1c1c(N)cccc1Cl. The molecular formula is C14H21ClN2. The van der Waals surface area contributed by atoms with Gasteiger partial charge in [-0.15, -0.1) is 0 Å². The van der Waals surface area contributed by atoms with Crippen molar-refractivity contribution >= 4 is 23.0 Å². The van der Waals surface area contributed by atoms with Crippen LogP contribution in [-0.2, 0) is 0 Å². The molecule has 1 unspecified atom stereocenters. The second-order valence-corrected chi connectivity index (χ2v) is 6.25. The van der Waals surface area contributed by atoms with Gasteiger partial charge in [-0.1, -0.05) is 31.5 Å². The lowest BCUT2D eigenvalue weighted by molar-refractivity contribution is 0.244. The number of para-hydroxylation sites is 1. The maximum atomic E-state index is 6.28. The van der Waals surface area contributed by atoms with Crippen molar-refractivity contribution in [3.8, 4) is 0 Å². The van der Waals surface area contributed by atoms with Gasteiger partial charge in [-0.2, -0.15) is 0 Å². The van der Waals surface area contributed by atoms with Gasteiger partial charge in [0.1, 0.15) is 0 Å². The van der Waals surface area contributed by atoms with Gasteiger partial charge in [0, 0.05) is 12.6 Å². The summed E-state index contributed by atoms with van der Waals surface area (Å²) < 4.78 is 0. The van der Waals surface area contributed by atoms with Crippen molar-refractivity contribution in [1.29, 1.82) is 0 Å². The summed E-state index contributed by atoms with van der Waals surface area (Å²) in [5.74, 6) is 0. The normalized spacial score (nSPS) is 23.8. The third-order valence-electron chi connectivity index (χ3n) is 3.71.